The maximum absolute atomic E-state index is 2.51. The molecule has 0 saturated heterocycles. The number of halogens is 2. The molecule has 0 bridgehead atoms. The van der Waals surface area contributed by atoms with Gasteiger partial charge >= 0.3 is 130 Å². The summed E-state index contributed by atoms with van der Waals surface area (Å²) in [7, 11) is 1.42. The topological polar surface area (TPSA) is 0 Å². The fraction of sp³-hybridized carbons (Fsp3) is 0.111. The van der Waals surface area contributed by atoms with Crippen LogP contribution in [0.1, 0.15) is 29.6 Å². The molecule has 0 fully saturated rings. The molecule has 2 aliphatic rings. The molecule has 4 heteroatoms. The Morgan fingerprint density at radius 3 is 1.55 bits per heavy atom. The maximum atomic E-state index is 2.51. The van der Waals surface area contributed by atoms with Crippen LogP contribution in [0.3, 0.4) is 0 Å². The fourth-order valence-electron chi connectivity index (χ4n) is 3.49. The van der Waals surface area contributed by atoms with E-state index in [1.54, 1.807) is 11.1 Å². The van der Waals surface area contributed by atoms with Crippen molar-refractivity contribution in [3.05, 3.63) is 82.9 Å². The van der Waals surface area contributed by atoms with Crippen molar-refractivity contribution in [2.45, 2.75) is 7.35 Å². The summed E-state index contributed by atoms with van der Waals surface area (Å²) in [6, 6.07) is 18.0. The van der Waals surface area contributed by atoms with Crippen LogP contribution in [0.25, 0.3) is 12.2 Å². The van der Waals surface area contributed by atoms with Gasteiger partial charge in [0.1, 0.15) is 0 Å². The molecule has 4 rings (SSSR count). The van der Waals surface area contributed by atoms with E-state index in [-0.39, 0.29) is 24.8 Å². The minimum atomic E-state index is -1.64. The molecule has 2 aliphatic carbocycles. The van der Waals surface area contributed by atoms with Gasteiger partial charge in [0.05, 0.1) is 0 Å². The van der Waals surface area contributed by atoms with Crippen molar-refractivity contribution in [2.75, 3.05) is 0 Å². The van der Waals surface area contributed by atoms with Gasteiger partial charge < -0.3 is 24.8 Å². The fourth-order valence-corrected chi connectivity index (χ4v) is 21.4. The molecule has 0 amide bonds. The van der Waals surface area contributed by atoms with E-state index in [0.29, 0.717) is 0 Å². The zero-order valence-electron chi connectivity index (χ0n) is 12.3. The third-order valence-electron chi connectivity index (χ3n) is 4.58. The first-order valence-corrected chi connectivity index (χ1v) is 23.1. The van der Waals surface area contributed by atoms with Gasteiger partial charge in [0, 0.05) is 0 Å². The number of fused-ring (bicyclic) bond motifs is 2. The predicted octanol–water partition coefficient (Wildman–Crippen LogP) is -2.57. The Balaban J connectivity index is 0.000000882. The summed E-state index contributed by atoms with van der Waals surface area (Å²) in [4.78, 5) is 0. The van der Waals surface area contributed by atoms with E-state index in [4.69, 9.17) is 0 Å². The Bertz CT molecular complexity index is 665. The number of rotatable bonds is 2. The Morgan fingerprint density at radius 2 is 1.09 bits per heavy atom. The molecular weight excluding hydrogens is 494 g/mol. The van der Waals surface area contributed by atoms with Gasteiger partial charge in [0.2, 0.25) is 0 Å². The molecule has 0 nitrogen and oxygen atoms in total. The number of allylic oxidation sites excluding steroid dienone is 2. The van der Waals surface area contributed by atoms with Crippen molar-refractivity contribution >= 4 is 19.6 Å². The van der Waals surface area contributed by atoms with Crippen LogP contribution in [0.4, 0.5) is 0 Å². The second-order valence-electron chi connectivity index (χ2n) is 5.68. The Kier molecular flexibility index (Phi) is 6.06. The molecule has 2 aromatic carbocycles. The number of hydrogen-bond acceptors (Lipinski definition) is 0. The monoisotopic (exact) mass is 511 g/mol. The molecule has 0 radical (unpaired) electrons. The SMILES string of the molecule is [Cl-].[Cl-].[SiH3][Hf+2]([CH]1C=Cc2ccccc21)[CH]1C=Cc2ccccc21. The number of hydrogen-bond donors (Lipinski definition) is 0. The van der Waals surface area contributed by atoms with Gasteiger partial charge in [0.15, 0.2) is 0 Å². The summed E-state index contributed by atoms with van der Waals surface area (Å²) in [6.45, 7) is 0. The van der Waals surface area contributed by atoms with Crippen molar-refractivity contribution in [3.63, 3.8) is 0 Å². The second-order valence-corrected chi connectivity index (χ2v) is 24.9. The number of benzene rings is 2. The average molecular weight is 511 g/mol. The molecule has 0 saturated carbocycles. The van der Waals surface area contributed by atoms with Gasteiger partial charge in [-0.05, 0) is 0 Å². The molecule has 0 heterocycles. The van der Waals surface area contributed by atoms with E-state index in [2.05, 4.69) is 72.8 Å². The van der Waals surface area contributed by atoms with Crippen LogP contribution in [-0.2, 0) is 20.6 Å². The van der Waals surface area contributed by atoms with Crippen LogP contribution in [0.5, 0.6) is 0 Å². The molecule has 2 unspecified atom stereocenters. The summed E-state index contributed by atoms with van der Waals surface area (Å²) >= 11 is -1.64. The predicted molar refractivity (Wildman–Crippen MR) is 86.4 cm³/mol. The van der Waals surface area contributed by atoms with Crippen LogP contribution in [0.15, 0.2) is 60.7 Å². The quantitative estimate of drug-likeness (QED) is 0.390. The first kappa shape index (κ1) is 17.9. The standard InChI is InChI=1S/2C9H7.2ClH.Hf.H3Si/c2*1-2-5-9-7-3-6-8(9)4-1;;;;/h2*1-7H;2*1H;;1H3/q;;;;+2;/p-2. The molecule has 2 atom stereocenters. The van der Waals surface area contributed by atoms with Gasteiger partial charge in [-0.2, -0.15) is 0 Å². The minimum absolute atomic E-state index is 0. The molecule has 0 aliphatic heterocycles. The van der Waals surface area contributed by atoms with Crippen LogP contribution in [0.2, 0.25) is 0 Å². The van der Waals surface area contributed by atoms with Crippen LogP contribution in [-0.4, -0.2) is 7.43 Å². The van der Waals surface area contributed by atoms with Gasteiger partial charge in [-0.3, -0.25) is 0 Å². The average Bonchev–Trinajstić information content (AvgIpc) is 3.11. The van der Waals surface area contributed by atoms with Crippen LogP contribution in [0, 0.1) is 0 Å². The summed E-state index contributed by atoms with van der Waals surface area (Å²) in [5, 5.41) is 0. The second kappa shape index (κ2) is 7.44. The molecule has 0 aromatic heterocycles. The molecule has 111 valence electrons. The summed E-state index contributed by atoms with van der Waals surface area (Å²) in [5.74, 6) is 0. The Hall–Kier alpha value is -0.413. The summed E-state index contributed by atoms with van der Waals surface area (Å²) in [6.07, 6.45) is 9.73. The van der Waals surface area contributed by atoms with Crippen molar-refractivity contribution in [1.82, 2.24) is 0 Å². The van der Waals surface area contributed by atoms with E-state index in [0.717, 1.165) is 7.35 Å². The van der Waals surface area contributed by atoms with E-state index in [9.17, 15) is 0 Å². The van der Waals surface area contributed by atoms with Crippen molar-refractivity contribution < 1.29 is 45.4 Å². The van der Waals surface area contributed by atoms with E-state index >= 15 is 0 Å². The molecule has 0 spiro atoms. The normalized spacial score (nSPS) is 20.0. The van der Waals surface area contributed by atoms with Crippen LogP contribution < -0.4 is 24.8 Å². The van der Waals surface area contributed by atoms with Gasteiger partial charge in [-0.1, -0.05) is 0 Å². The molecule has 2 aromatic rings. The summed E-state index contributed by atoms with van der Waals surface area (Å²) < 4.78 is 1.62. The molecule has 0 N–H and O–H groups in total. The van der Waals surface area contributed by atoms with Crippen molar-refractivity contribution in [1.29, 1.82) is 0 Å². The van der Waals surface area contributed by atoms with E-state index in [1.807, 2.05) is 0 Å². The third kappa shape index (κ3) is 2.99. The first-order chi connectivity index (χ1) is 9.84. The van der Waals surface area contributed by atoms with Crippen LogP contribution >= 0.6 is 0 Å². The Labute approximate surface area is 154 Å². The zero-order valence-corrected chi connectivity index (χ0v) is 19.4. The van der Waals surface area contributed by atoms with Crippen molar-refractivity contribution in [2.24, 2.45) is 0 Å². The molecular formula is C18H17Cl2HfSi. The molecule has 22 heavy (non-hydrogen) atoms. The van der Waals surface area contributed by atoms with Gasteiger partial charge in [0.25, 0.3) is 0 Å². The van der Waals surface area contributed by atoms with Gasteiger partial charge in [-0.25, -0.2) is 0 Å². The zero-order chi connectivity index (χ0) is 13.5. The van der Waals surface area contributed by atoms with Crippen molar-refractivity contribution in [3.8, 4) is 0 Å². The third-order valence-corrected chi connectivity index (χ3v) is 25.4. The Morgan fingerprint density at radius 1 is 0.682 bits per heavy atom. The van der Waals surface area contributed by atoms with E-state index in [1.165, 1.54) is 18.6 Å². The summed E-state index contributed by atoms with van der Waals surface area (Å²) in [5.41, 5.74) is 6.15. The first-order valence-electron chi connectivity index (χ1n) is 7.22. The van der Waals surface area contributed by atoms with Gasteiger partial charge in [-0.15, -0.1) is 0 Å². The van der Waals surface area contributed by atoms with E-state index < -0.39 is 20.6 Å².